The van der Waals surface area contributed by atoms with Crippen LogP contribution in [0, 0.1) is 23.7 Å². The van der Waals surface area contributed by atoms with Gasteiger partial charge >= 0.3 is 0 Å². The Morgan fingerprint density at radius 3 is 2.19 bits per heavy atom. The smallest absolute Gasteiger partial charge is 0.139 e. The molecule has 2 aliphatic carbocycles. The predicted octanol–water partition coefficient (Wildman–Crippen LogP) is 4.21. The van der Waals surface area contributed by atoms with E-state index in [9.17, 15) is 4.79 Å². The Bertz CT molecular complexity index is 234. The van der Waals surface area contributed by atoms with Gasteiger partial charge in [-0.2, -0.15) is 0 Å². The van der Waals surface area contributed by atoms with Gasteiger partial charge in [-0.1, -0.05) is 33.1 Å². The van der Waals surface area contributed by atoms with E-state index in [1.54, 1.807) is 0 Å². The van der Waals surface area contributed by atoms with Crippen molar-refractivity contribution >= 4 is 5.78 Å². The van der Waals surface area contributed by atoms with Gasteiger partial charge in [-0.05, 0) is 43.9 Å². The lowest BCUT2D eigenvalue weighted by molar-refractivity contribution is -0.127. The third kappa shape index (κ3) is 2.67. The third-order valence-corrected chi connectivity index (χ3v) is 4.94. The van der Waals surface area contributed by atoms with Crippen LogP contribution in [0.3, 0.4) is 0 Å². The van der Waals surface area contributed by atoms with Gasteiger partial charge in [0.2, 0.25) is 0 Å². The molecule has 0 aromatic carbocycles. The van der Waals surface area contributed by atoms with Gasteiger partial charge in [0.1, 0.15) is 5.78 Å². The van der Waals surface area contributed by atoms with Gasteiger partial charge in [-0.15, -0.1) is 0 Å². The van der Waals surface area contributed by atoms with Gasteiger partial charge < -0.3 is 0 Å². The van der Waals surface area contributed by atoms with Crippen LogP contribution in [0.25, 0.3) is 0 Å². The van der Waals surface area contributed by atoms with E-state index in [1.807, 2.05) is 0 Å². The van der Waals surface area contributed by atoms with Gasteiger partial charge in [0.15, 0.2) is 0 Å². The molecule has 0 bridgehead atoms. The Balaban J connectivity index is 1.83. The SMILES string of the molecule is CCC1CCC(C(=O)C2CCC(C)CC2)C1. The highest BCUT2D eigenvalue weighted by molar-refractivity contribution is 5.83. The monoisotopic (exact) mass is 222 g/mol. The molecule has 2 saturated carbocycles. The number of rotatable bonds is 3. The molecular weight excluding hydrogens is 196 g/mol. The van der Waals surface area contributed by atoms with Crippen molar-refractivity contribution in [1.29, 1.82) is 0 Å². The molecule has 2 aliphatic rings. The molecule has 2 fully saturated rings. The number of Topliss-reactive ketones (excluding diaryl/α,β-unsaturated/α-hetero) is 1. The van der Waals surface area contributed by atoms with Crippen molar-refractivity contribution in [3.05, 3.63) is 0 Å². The van der Waals surface area contributed by atoms with Crippen LogP contribution in [0.2, 0.25) is 0 Å². The van der Waals surface area contributed by atoms with Crippen molar-refractivity contribution in [3.8, 4) is 0 Å². The lowest BCUT2D eigenvalue weighted by atomic mass is 9.77. The lowest BCUT2D eigenvalue weighted by Crippen LogP contribution is -2.26. The molecule has 0 amide bonds. The van der Waals surface area contributed by atoms with Crippen LogP contribution < -0.4 is 0 Å². The maximum Gasteiger partial charge on any atom is 0.139 e. The summed E-state index contributed by atoms with van der Waals surface area (Å²) >= 11 is 0. The highest BCUT2D eigenvalue weighted by Crippen LogP contribution is 2.38. The van der Waals surface area contributed by atoms with Crippen molar-refractivity contribution in [2.75, 3.05) is 0 Å². The van der Waals surface area contributed by atoms with Crippen molar-refractivity contribution in [3.63, 3.8) is 0 Å². The number of carbonyl (C=O) groups is 1. The van der Waals surface area contributed by atoms with E-state index in [0.717, 1.165) is 11.8 Å². The number of carbonyl (C=O) groups excluding carboxylic acids is 1. The summed E-state index contributed by atoms with van der Waals surface area (Å²) in [5.41, 5.74) is 0. The first kappa shape index (κ1) is 12.1. The predicted molar refractivity (Wildman–Crippen MR) is 67.3 cm³/mol. The zero-order chi connectivity index (χ0) is 11.5. The van der Waals surface area contributed by atoms with Gasteiger partial charge in [-0.25, -0.2) is 0 Å². The summed E-state index contributed by atoms with van der Waals surface area (Å²) in [5.74, 6) is 3.19. The molecule has 1 nitrogen and oxygen atoms in total. The highest BCUT2D eigenvalue weighted by Gasteiger charge is 2.34. The van der Waals surface area contributed by atoms with E-state index in [2.05, 4.69) is 13.8 Å². The third-order valence-electron chi connectivity index (χ3n) is 4.94. The van der Waals surface area contributed by atoms with Crippen LogP contribution in [0.1, 0.15) is 65.2 Å². The van der Waals surface area contributed by atoms with Crippen LogP contribution in [-0.4, -0.2) is 5.78 Å². The second kappa shape index (κ2) is 5.33. The van der Waals surface area contributed by atoms with E-state index >= 15 is 0 Å². The molecule has 92 valence electrons. The average molecular weight is 222 g/mol. The molecule has 0 aliphatic heterocycles. The Labute approximate surface area is 100.0 Å². The fourth-order valence-corrected chi connectivity index (χ4v) is 3.58. The van der Waals surface area contributed by atoms with Crippen molar-refractivity contribution in [2.45, 2.75) is 65.2 Å². The minimum atomic E-state index is 0.428. The zero-order valence-corrected chi connectivity index (χ0v) is 10.9. The summed E-state index contributed by atoms with van der Waals surface area (Å²) in [5, 5.41) is 0. The van der Waals surface area contributed by atoms with Crippen LogP contribution >= 0.6 is 0 Å². The maximum absolute atomic E-state index is 12.4. The number of ketones is 1. The first-order valence-corrected chi connectivity index (χ1v) is 7.24. The highest BCUT2D eigenvalue weighted by atomic mass is 16.1. The maximum atomic E-state index is 12.4. The summed E-state index contributed by atoms with van der Waals surface area (Å²) in [6.45, 7) is 4.59. The van der Waals surface area contributed by atoms with E-state index in [4.69, 9.17) is 0 Å². The molecule has 0 spiro atoms. The van der Waals surface area contributed by atoms with Crippen LogP contribution in [-0.2, 0) is 4.79 Å². The van der Waals surface area contributed by atoms with Crippen LogP contribution in [0.5, 0.6) is 0 Å². The number of hydrogen-bond acceptors (Lipinski definition) is 1. The number of hydrogen-bond donors (Lipinski definition) is 0. The zero-order valence-electron chi connectivity index (χ0n) is 10.9. The summed E-state index contributed by atoms with van der Waals surface area (Å²) in [6.07, 6.45) is 9.85. The van der Waals surface area contributed by atoms with Gasteiger partial charge in [0.25, 0.3) is 0 Å². The van der Waals surface area contributed by atoms with Crippen molar-refractivity contribution in [1.82, 2.24) is 0 Å². The largest absolute Gasteiger partial charge is 0.299 e. The fourth-order valence-electron chi connectivity index (χ4n) is 3.58. The molecule has 2 atom stereocenters. The van der Waals surface area contributed by atoms with Gasteiger partial charge in [0.05, 0.1) is 0 Å². The molecule has 0 saturated heterocycles. The van der Waals surface area contributed by atoms with E-state index in [1.165, 1.54) is 51.4 Å². The molecule has 1 heteroatoms. The first-order chi connectivity index (χ1) is 7.70. The topological polar surface area (TPSA) is 17.1 Å². The average Bonchev–Trinajstić information content (AvgIpc) is 2.77. The Morgan fingerprint density at radius 2 is 1.62 bits per heavy atom. The quantitative estimate of drug-likeness (QED) is 0.699. The molecular formula is C15H26O. The standard InChI is InChI=1S/C15H26O/c1-3-12-6-9-14(10-12)15(16)13-7-4-11(2)5-8-13/h11-14H,3-10H2,1-2H3. The molecule has 2 rings (SSSR count). The molecule has 0 aromatic rings. The Hall–Kier alpha value is -0.330. The van der Waals surface area contributed by atoms with Crippen LogP contribution in [0.4, 0.5) is 0 Å². The molecule has 2 unspecified atom stereocenters. The molecule has 0 heterocycles. The van der Waals surface area contributed by atoms with E-state index in [0.29, 0.717) is 17.6 Å². The van der Waals surface area contributed by atoms with Gasteiger partial charge in [-0.3, -0.25) is 4.79 Å². The normalized spacial score (nSPS) is 39.9. The van der Waals surface area contributed by atoms with Crippen LogP contribution in [0.15, 0.2) is 0 Å². The second-order valence-corrected chi connectivity index (χ2v) is 6.14. The summed E-state index contributed by atoms with van der Waals surface area (Å²) < 4.78 is 0. The van der Waals surface area contributed by atoms with Crippen molar-refractivity contribution in [2.24, 2.45) is 23.7 Å². The Morgan fingerprint density at radius 1 is 1.00 bits per heavy atom. The van der Waals surface area contributed by atoms with Crippen molar-refractivity contribution < 1.29 is 4.79 Å². The first-order valence-electron chi connectivity index (χ1n) is 7.24. The minimum Gasteiger partial charge on any atom is -0.299 e. The second-order valence-electron chi connectivity index (χ2n) is 6.14. The molecule has 0 N–H and O–H groups in total. The van der Waals surface area contributed by atoms with Gasteiger partial charge in [0, 0.05) is 11.8 Å². The Kier molecular flexibility index (Phi) is 4.05. The lowest BCUT2D eigenvalue weighted by Gasteiger charge is -2.27. The summed E-state index contributed by atoms with van der Waals surface area (Å²) in [4.78, 5) is 12.4. The minimum absolute atomic E-state index is 0.428. The molecule has 0 radical (unpaired) electrons. The van der Waals surface area contributed by atoms with E-state index < -0.39 is 0 Å². The molecule has 0 aromatic heterocycles. The fraction of sp³-hybridized carbons (Fsp3) is 0.933. The van der Waals surface area contributed by atoms with E-state index in [-0.39, 0.29) is 0 Å². The summed E-state index contributed by atoms with van der Waals surface area (Å²) in [6, 6.07) is 0. The molecule has 16 heavy (non-hydrogen) atoms. The summed E-state index contributed by atoms with van der Waals surface area (Å²) in [7, 11) is 0.